The number of anilines is 2. The van der Waals surface area contributed by atoms with Crippen LogP contribution in [0.3, 0.4) is 0 Å². The van der Waals surface area contributed by atoms with Gasteiger partial charge >= 0.3 is 0 Å². The van der Waals surface area contributed by atoms with Crippen LogP contribution in [0.2, 0.25) is 0 Å². The van der Waals surface area contributed by atoms with Gasteiger partial charge in [0.05, 0.1) is 17.4 Å². The van der Waals surface area contributed by atoms with Crippen LogP contribution in [-0.2, 0) is 4.74 Å². The molecule has 1 aromatic rings. The number of rotatable bonds is 2. The lowest BCUT2D eigenvalue weighted by atomic mass is 10.0. The van der Waals surface area contributed by atoms with Gasteiger partial charge in [-0.15, -0.1) is 0 Å². The van der Waals surface area contributed by atoms with E-state index in [1.807, 2.05) is 12.1 Å². The highest BCUT2D eigenvalue weighted by molar-refractivity contribution is 5.64. The maximum Gasteiger partial charge on any atom is 0.101 e. The molecule has 0 amide bonds. The van der Waals surface area contributed by atoms with Gasteiger partial charge in [0.1, 0.15) is 6.07 Å². The zero-order valence-electron chi connectivity index (χ0n) is 10.0. The molecule has 17 heavy (non-hydrogen) atoms. The van der Waals surface area contributed by atoms with Gasteiger partial charge in [-0.3, -0.25) is 0 Å². The van der Waals surface area contributed by atoms with Crippen molar-refractivity contribution in [2.75, 3.05) is 30.8 Å². The van der Waals surface area contributed by atoms with Crippen molar-refractivity contribution in [3.05, 3.63) is 23.8 Å². The number of nitrogen functional groups attached to an aromatic ring is 1. The van der Waals surface area contributed by atoms with Crippen LogP contribution in [0.5, 0.6) is 0 Å². The van der Waals surface area contributed by atoms with Crippen LogP contribution in [0, 0.1) is 11.3 Å². The van der Waals surface area contributed by atoms with E-state index in [4.69, 9.17) is 15.7 Å². The zero-order chi connectivity index (χ0) is 12.3. The van der Waals surface area contributed by atoms with Gasteiger partial charge in [0.25, 0.3) is 0 Å². The van der Waals surface area contributed by atoms with E-state index in [-0.39, 0.29) is 0 Å². The Labute approximate surface area is 102 Å². The number of benzene rings is 1. The Morgan fingerprint density at radius 3 is 2.71 bits per heavy atom. The summed E-state index contributed by atoms with van der Waals surface area (Å²) in [6.07, 6.45) is 2.36. The molecular weight excluding hydrogens is 214 g/mol. The van der Waals surface area contributed by atoms with Gasteiger partial charge in [0.15, 0.2) is 0 Å². The summed E-state index contributed by atoms with van der Waals surface area (Å²) in [6, 6.07) is 7.72. The SMILES string of the molecule is COC1CCN(c2ccc(N)cc2C#N)CC1. The third-order valence-corrected chi connectivity index (χ3v) is 3.26. The van der Waals surface area contributed by atoms with Crippen LogP contribution in [0.15, 0.2) is 18.2 Å². The molecule has 0 atom stereocenters. The quantitative estimate of drug-likeness (QED) is 0.788. The molecule has 0 aliphatic carbocycles. The third-order valence-electron chi connectivity index (χ3n) is 3.26. The highest BCUT2D eigenvalue weighted by atomic mass is 16.5. The van der Waals surface area contributed by atoms with Gasteiger partial charge in [0.2, 0.25) is 0 Å². The first-order chi connectivity index (χ1) is 8.24. The summed E-state index contributed by atoms with van der Waals surface area (Å²) < 4.78 is 5.34. The molecule has 2 N–H and O–H groups in total. The summed E-state index contributed by atoms with van der Waals surface area (Å²) in [4.78, 5) is 2.23. The monoisotopic (exact) mass is 231 g/mol. The van der Waals surface area contributed by atoms with Crippen molar-refractivity contribution >= 4 is 11.4 Å². The lowest BCUT2D eigenvalue weighted by Gasteiger charge is -2.33. The molecule has 0 aromatic heterocycles. The first kappa shape index (κ1) is 11.7. The van der Waals surface area contributed by atoms with E-state index in [1.54, 1.807) is 13.2 Å². The fourth-order valence-corrected chi connectivity index (χ4v) is 2.25. The van der Waals surface area contributed by atoms with Crippen LogP contribution < -0.4 is 10.6 Å². The summed E-state index contributed by atoms with van der Waals surface area (Å²) in [5.41, 5.74) is 7.96. The van der Waals surface area contributed by atoms with Gasteiger partial charge in [-0.2, -0.15) is 5.26 Å². The van der Waals surface area contributed by atoms with Crippen molar-refractivity contribution in [1.29, 1.82) is 5.26 Å². The normalized spacial score (nSPS) is 16.8. The van der Waals surface area contributed by atoms with E-state index < -0.39 is 0 Å². The van der Waals surface area contributed by atoms with Crippen molar-refractivity contribution in [3.63, 3.8) is 0 Å². The molecule has 0 spiro atoms. The molecule has 1 aromatic carbocycles. The average molecular weight is 231 g/mol. The van der Waals surface area contributed by atoms with Crippen molar-refractivity contribution in [3.8, 4) is 6.07 Å². The molecular formula is C13H17N3O. The number of methoxy groups -OCH3 is 1. The standard InChI is InChI=1S/C13H17N3O/c1-17-12-4-6-16(7-5-12)13-3-2-11(15)8-10(13)9-14/h2-3,8,12H,4-7,15H2,1H3. The maximum absolute atomic E-state index is 9.11. The van der Waals surface area contributed by atoms with E-state index >= 15 is 0 Å². The third kappa shape index (κ3) is 2.51. The van der Waals surface area contributed by atoms with Crippen molar-refractivity contribution in [1.82, 2.24) is 0 Å². The van der Waals surface area contributed by atoms with Gasteiger partial charge < -0.3 is 15.4 Å². The summed E-state index contributed by atoms with van der Waals surface area (Å²) >= 11 is 0. The van der Waals surface area contributed by atoms with Crippen LogP contribution in [0.1, 0.15) is 18.4 Å². The van der Waals surface area contributed by atoms with E-state index in [9.17, 15) is 0 Å². The molecule has 90 valence electrons. The number of ether oxygens (including phenoxy) is 1. The number of nitrogens with zero attached hydrogens (tertiary/aromatic N) is 2. The van der Waals surface area contributed by atoms with E-state index in [2.05, 4.69) is 11.0 Å². The average Bonchev–Trinajstić information content (AvgIpc) is 2.39. The molecule has 2 rings (SSSR count). The molecule has 0 saturated carbocycles. The fourth-order valence-electron chi connectivity index (χ4n) is 2.25. The Morgan fingerprint density at radius 1 is 1.41 bits per heavy atom. The molecule has 1 aliphatic heterocycles. The van der Waals surface area contributed by atoms with Gasteiger partial charge in [-0.1, -0.05) is 0 Å². The number of hydrogen-bond acceptors (Lipinski definition) is 4. The highest BCUT2D eigenvalue weighted by Gasteiger charge is 2.20. The first-order valence-electron chi connectivity index (χ1n) is 5.82. The second-order valence-corrected chi connectivity index (χ2v) is 4.31. The van der Waals surface area contributed by atoms with Crippen molar-refractivity contribution in [2.24, 2.45) is 0 Å². The largest absolute Gasteiger partial charge is 0.399 e. The predicted octanol–water partition coefficient (Wildman–Crippen LogP) is 1.76. The van der Waals surface area contributed by atoms with Crippen LogP contribution >= 0.6 is 0 Å². The highest BCUT2D eigenvalue weighted by Crippen LogP contribution is 2.26. The minimum absolute atomic E-state index is 0.352. The summed E-state index contributed by atoms with van der Waals surface area (Å²) in [5.74, 6) is 0. The summed E-state index contributed by atoms with van der Waals surface area (Å²) in [7, 11) is 1.75. The smallest absolute Gasteiger partial charge is 0.101 e. The number of nitrogens with two attached hydrogens (primary N) is 1. The predicted molar refractivity (Wildman–Crippen MR) is 67.8 cm³/mol. The van der Waals surface area contributed by atoms with Gasteiger partial charge in [-0.25, -0.2) is 0 Å². The Morgan fingerprint density at radius 2 is 2.12 bits per heavy atom. The minimum atomic E-state index is 0.352. The first-order valence-corrected chi connectivity index (χ1v) is 5.82. The Balaban J connectivity index is 2.16. The number of piperidine rings is 1. The van der Waals surface area contributed by atoms with Crippen molar-refractivity contribution < 1.29 is 4.74 Å². The molecule has 0 unspecified atom stereocenters. The lowest BCUT2D eigenvalue weighted by molar-refractivity contribution is 0.0819. The van der Waals surface area contributed by atoms with Crippen LogP contribution in [0.25, 0.3) is 0 Å². The van der Waals surface area contributed by atoms with E-state index in [0.29, 0.717) is 17.4 Å². The Bertz CT molecular complexity index is 431. The Hall–Kier alpha value is -1.73. The number of nitriles is 1. The Kier molecular flexibility index (Phi) is 3.50. The molecule has 1 fully saturated rings. The molecule has 4 nitrogen and oxygen atoms in total. The molecule has 0 radical (unpaired) electrons. The molecule has 1 aliphatic rings. The summed E-state index contributed by atoms with van der Waals surface area (Å²) in [5, 5.41) is 9.11. The van der Waals surface area contributed by atoms with Gasteiger partial charge in [0, 0.05) is 25.9 Å². The summed E-state index contributed by atoms with van der Waals surface area (Å²) in [6.45, 7) is 1.86. The number of hydrogen-bond donors (Lipinski definition) is 1. The zero-order valence-corrected chi connectivity index (χ0v) is 10.0. The van der Waals surface area contributed by atoms with E-state index in [1.165, 1.54) is 0 Å². The maximum atomic E-state index is 9.11. The topological polar surface area (TPSA) is 62.3 Å². The van der Waals surface area contributed by atoms with Crippen LogP contribution in [-0.4, -0.2) is 26.3 Å². The fraction of sp³-hybridized carbons (Fsp3) is 0.462. The molecule has 0 bridgehead atoms. The van der Waals surface area contributed by atoms with Crippen LogP contribution in [0.4, 0.5) is 11.4 Å². The molecule has 4 heteroatoms. The lowest BCUT2D eigenvalue weighted by Crippen LogP contribution is -2.37. The van der Waals surface area contributed by atoms with Gasteiger partial charge in [-0.05, 0) is 31.0 Å². The minimum Gasteiger partial charge on any atom is -0.399 e. The molecule has 1 heterocycles. The van der Waals surface area contributed by atoms with E-state index in [0.717, 1.165) is 31.6 Å². The molecule has 1 saturated heterocycles. The van der Waals surface area contributed by atoms with Crippen molar-refractivity contribution in [2.45, 2.75) is 18.9 Å². The second-order valence-electron chi connectivity index (χ2n) is 4.31. The second kappa shape index (κ2) is 5.07.